The molecule has 146 valence electrons. The van der Waals surface area contributed by atoms with Gasteiger partial charge in [-0.05, 0) is 29.5 Å². The van der Waals surface area contributed by atoms with Gasteiger partial charge in [-0.1, -0.05) is 103 Å². The molecule has 1 heterocycles. The van der Waals surface area contributed by atoms with E-state index in [1.165, 1.54) is 41.1 Å². The Morgan fingerprint density at radius 3 is 1.97 bits per heavy atom. The lowest BCUT2D eigenvalue weighted by Crippen LogP contribution is -2.46. The molecule has 1 aromatic heterocycles. The van der Waals surface area contributed by atoms with Crippen LogP contribution in [0.25, 0.3) is 0 Å². The molecule has 0 unspecified atom stereocenters. The van der Waals surface area contributed by atoms with Gasteiger partial charge in [-0.15, -0.1) is 0 Å². The normalized spacial score (nSPS) is 11.9. The molecule has 0 atom stereocenters. The molecule has 0 bridgehead atoms. The SMILES string of the molecule is CCCCc1ccc([SiH2]C(c2ccccc2)(c2ccccc2)n2ccnc2)cc1. The summed E-state index contributed by atoms with van der Waals surface area (Å²) in [5.41, 5.74) is 4.09. The molecule has 0 fully saturated rings. The van der Waals surface area contributed by atoms with Crippen molar-refractivity contribution in [3.63, 3.8) is 0 Å². The van der Waals surface area contributed by atoms with Gasteiger partial charge < -0.3 is 4.57 Å². The maximum absolute atomic E-state index is 4.41. The summed E-state index contributed by atoms with van der Waals surface area (Å²) in [6, 6.07) is 31.2. The molecular weight excluding hydrogens is 368 g/mol. The highest BCUT2D eigenvalue weighted by Crippen LogP contribution is 2.33. The van der Waals surface area contributed by atoms with Crippen molar-refractivity contribution in [1.82, 2.24) is 9.55 Å². The number of nitrogens with zero attached hydrogens (tertiary/aromatic N) is 2. The van der Waals surface area contributed by atoms with E-state index in [1.807, 2.05) is 12.5 Å². The summed E-state index contributed by atoms with van der Waals surface area (Å²) in [6.45, 7) is 2.25. The quantitative estimate of drug-likeness (QED) is 0.402. The Balaban J connectivity index is 1.82. The number of aryl methyl sites for hydroxylation is 1. The van der Waals surface area contributed by atoms with E-state index >= 15 is 0 Å². The molecule has 0 saturated carbocycles. The van der Waals surface area contributed by atoms with Crippen LogP contribution in [0.3, 0.4) is 0 Å². The second-order valence-electron chi connectivity index (χ2n) is 7.66. The lowest BCUT2D eigenvalue weighted by Gasteiger charge is -2.37. The molecule has 0 aliphatic heterocycles. The van der Waals surface area contributed by atoms with Crippen LogP contribution in [0.5, 0.6) is 0 Å². The van der Waals surface area contributed by atoms with Crippen LogP contribution in [-0.2, 0) is 11.6 Å². The van der Waals surface area contributed by atoms with Gasteiger partial charge in [-0.25, -0.2) is 4.98 Å². The van der Waals surface area contributed by atoms with Crippen LogP contribution in [0.2, 0.25) is 0 Å². The van der Waals surface area contributed by atoms with Gasteiger partial charge in [-0.3, -0.25) is 0 Å². The molecule has 3 heteroatoms. The third kappa shape index (κ3) is 4.10. The summed E-state index contributed by atoms with van der Waals surface area (Å²) in [5.74, 6) is 0. The van der Waals surface area contributed by atoms with Crippen LogP contribution in [0.1, 0.15) is 36.5 Å². The van der Waals surface area contributed by atoms with Gasteiger partial charge in [-0.2, -0.15) is 0 Å². The van der Waals surface area contributed by atoms with E-state index in [-0.39, 0.29) is 5.16 Å². The monoisotopic (exact) mass is 396 g/mol. The van der Waals surface area contributed by atoms with Crippen molar-refractivity contribution in [2.45, 2.75) is 31.3 Å². The van der Waals surface area contributed by atoms with E-state index in [0.717, 1.165) is 0 Å². The number of hydrogen-bond acceptors (Lipinski definition) is 1. The van der Waals surface area contributed by atoms with Crippen molar-refractivity contribution in [2.24, 2.45) is 0 Å². The van der Waals surface area contributed by atoms with Crippen LogP contribution in [0.4, 0.5) is 0 Å². The number of unbranched alkanes of at least 4 members (excludes halogenated alkanes) is 1. The number of aromatic nitrogens is 2. The van der Waals surface area contributed by atoms with E-state index in [2.05, 4.69) is 108 Å². The average molecular weight is 397 g/mol. The smallest absolute Gasteiger partial charge is 0.0965 e. The van der Waals surface area contributed by atoms with Gasteiger partial charge in [0.1, 0.15) is 0 Å². The maximum atomic E-state index is 4.41. The van der Waals surface area contributed by atoms with Gasteiger partial charge in [0.2, 0.25) is 0 Å². The second kappa shape index (κ2) is 9.06. The van der Waals surface area contributed by atoms with E-state index in [0.29, 0.717) is 0 Å². The first kappa shape index (κ1) is 19.4. The number of rotatable bonds is 8. The molecule has 0 spiro atoms. The lowest BCUT2D eigenvalue weighted by molar-refractivity contribution is 0.596. The number of benzene rings is 3. The fourth-order valence-corrected chi connectivity index (χ4v) is 6.48. The largest absolute Gasteiger partial charge is 0.326 e. The maximum Gasteiger partial charge on any atom is 0.0965 e. The second-order valence-corrected chi connectivity index (χ2v) is 9.85. The predicted octanol–water partition coefficient (Wildman–Crippen LogP) is 4.47. The molecule has 3 aromatic carbocycles. The van der Waals surface area contributed by atoms with E-state index in [9.17, 15) is 0 Å². The Morgan fingerprint density at radius 2 is 1.45 bits per heavy atom. The Kier molecular flexibility index (Phi) is 6.06. The van der Waals surface area contributed by atoms with Crippen molar-refractivity contribution in [3.8, 4) is 0 Å². The molecule has 0 amide bonds. The minimum absolute atomic E-state index is 0.204. The lowest BCUT2D eigenvalue weighted by atomic mass is 9.97. The topological polar surface area (TPSA) is 17.8 Å². The van der Waals surface area contributed by atoms with Gasteiger partial charge in [0, 0.05) is 12.4 Å². The van der Waals surface area contributed by atoms with Crippen molar-refractivity contribution in [3.05, 3.63) is 120 Å². The standard InChI is InChI=1S/C26H28N2Si/c1-2-3-10-22-15-17-25(18-16-22)29-26(28-20-19-27-21-28,23-11-6-4-7-12-23)24-13-8-5-9-14-24/h4-9,11-21H,2-3,10,29H2,1H3. The van der Waals surface area contributed by atoms with Crippen LogP contribution in [0.15, 0.2) is 104 Å². The number of hydrogen-bond donors (Lipinski definition) is 0. The zero-order valence-corrected chi connectivity index (χ0v) is 18.5. The summed E-state index contributed by atoms with van der Waals surface area (Å²) in [7, 11) is -0.782. The first-order chi connectivity index (χ1) is 14.3. The van der Waals surface area contributed by atoms with Gasteiger partial charge in [0.15, 0.2) is 0 Å². The van der Waals surface area contributed by atoms with Crippen LogP contribution in [0, 0.1) is 0 Å². The van der Waals surface area contributed by atoms with Gasteiger partial charge in [0.05, 0.1) is 21.0 Å². The van der Waals surface area contributed by atoms with Crippen molar-refractivity contribution < 1.29 is 0 Å². The first-order valence-corrected chi connectivity index (χ1v) is 11.9. The van der Waals surface area contributed by atoms with Crippen molar-refractivity contribution >= 4 is 14.7 Å². The van der Waals surface area contributed by atoms with Crippen LogP contribution < -0.4 is 5.19 Å². The van der Waals surface area contributed by atoms with Crippen molar-refractivity contribution in [2.75, 3.05) is 0 Å². The average Bonchev–Trinajstić information content (AvgIpc) is 3.33. The molecular formula is C26H28N2Si. The number of imidazole rings is 1. The van der Waals surface area contributed by atoms with Crippen molar-refractivity contribution in [1.29, 1.82) is 0 Å². The summed E-state index contributed by atoms with van der Waals surface area (Å²) in [4.78, 5) is 4.41. The van der Waals surface area contributed by atoms with E-state index < -0.39 is 9.52 Å². The minimum Gasteiger partial charge on any atom is -0.326 e. The fraction of sp³-hybridized carbons (Fsp3) is 0.192. The summed E-state index contributed by atoms with van der Waals surface area (Å²) in [6.07, 6.45) is 9.64. The van der Waals surface area contributed by atoms with Crippen LogP contribution in [-0.4, -0.2) is 19.1 Å². The highest BCUT2D eigenvalue weighted by molar-refractivity contribution is 6.57. The summed E-state index contributed by atoms with van der Waals surface area (Å²) in [5, 5.41) is 1.26. The van der Waals surface area contributed by atoms with Gasteiger partial charge >= 0.3 is 0 Å². The minimum atomic E-state index is -0.782. The third-order valence-corrected chi connectivity index (χ3v) is 8.32. The zero-order valence-electron chi connectivity index (χ0n) is 17.0. The molecule has 4 rings (SSSR count). The summed E-state index contributed by atoms with van der Waals surface area (Å²) >= 11 is 0. The molecule has 0 radical (unpaired) electrons. The zero-order chi connectivity index (χ0) is 19.9. The third-order valence-electron chi connectivity index (χ3n) is 5.75. The molecule has 29 heavy (non-hydrogen) atoms. The Labute approximate surface area is 176 Å². The molecule has 2 nitrogen and oxygen atoms in total. The summed E-state index contributed by atoms with van der Waals surface area (Å²) < 4.78 is 2.31. The van der Waals surface area contributed by atoms with E-state index in [1.54, 1.807) is 0 Å². The molecule has 0 aliphatic carbocycles. The first-order valence-electron chi connectivity index (χ1n) is 10.5. The van der Waals surface area contributed by atoms with Gasteiger partial charge in [0.25, 0.3) is 0 Å². The molecule has 0 N–H and O–H groups in total. The Morgan fingerprint density at radius 1 is 0.828 bits per heavy atom. The van der Waals surface area contributed by atoms with Crippen LogP contribution >= 0.6 is 0 Å². The molecule has 0 aliphatic rings. The highest BCUT2D eigenvalue weighted by atomic mass is 28.2. The molecule has 4 aromatic rings. The Bertz CT molecular complexity index is 954. The predicted molar refractivity (Wildman–Crippen MR) is 125 cm³/mol. The highest BCUT2D eigenvalue weighted by Gasteiger charge is 2.36. The fourth-order valence-electron chi connectivity index (χ4n) is 4.17. The Hall–Kier alpha value is -2.91. The molecule has 0 saturated heterocycles. The van der Waals surface area contributed by atoms with E-state index in [4.69, 9.17) is 0 Å².